The Morgan fingerprint density at radius 1 is 0.923 bits per heavy atom. The summed E-state index contributed by atoms with van der Waals surface area (Å²) in [4.78, 5) is 12.4. The van der Waals surface area contributed by atoms with Gasteiger partial charge in [-0.25, -0.2) is 4.79 Å². The van der Waals surface area contributed by atoms with Gasteiger partial charge in [-0.1, -0.05) is 0 Å². The third kappa shape index (κ3) is 4.91. The van der Waals surface area contributed by atoms with Crippen LogP contribution in [0.5, 0.6) is 0 Å². The molecule has 1 aromatic carbocycles. The molecule has 144 valence electrons. The molecule has 2 aliphatic carbocycles. The number of hydrogen-bond donors (Lipinski definition) is 2. The first-order chi connectivity index (χ1) is 12.5. The van der Waals surface area contributed by atoms with E-state index in [4.69, 9.17) is 20.9 Å². The molecule has 0 spiro atoms. The van der Waals surface area contributed by atoms with Crippen LogP contribution < -0.4 is 11.5 Å². The quantitative estimate of drug-likeness (QED) is 0.612. The summed E-state index contributed by atoms with van der Waals surface area (Å²) in [5, 5.41) is 0. The second-order valence-corrected chi connectivity index (χ2v) is 8.07. The van der Waals surface area contributed by atoms with Crippen molar-refractivity contribution in [1.29, 1.82) is 0 Å². The van der Waals surface area contributed by atoms with Gasteiger partial charge in [0.1, 0.15) is 6.10 Å². The number of esters is 1. The van der Waals surface area contributed by atoms with Crippen LogP contribution in [-0.2, 0) is 9.47 Å². The Bertz CT molecular complexity index is 583. The molecule has 1 aromatic rings. The van der Waals surface area contributed by atoms with Gasteiger partial charge in [-0.3, -0.25) is 0 Å². The summed E-state index contributed by atoms with van der Waals surface area (Å²) in [6, 6.07) is 4.90. The summed E-state index contributed by atoms with van der Waals surface area (Å²) in [5.41, 5.74) is 13.0. The van der Waals surface area contributed by atoms with E-state index in [0.717, 1.165) is 50.0 Å². The van der Waals surface area contributed by atoms with Crippen molar-refractivity contribution in [2.45, 2.75) is 57.5 Å². The number of rotatable bonds is 5. The van der Waals surface area contributed by atoms with Gasteiger partial charge in [0.05, 0.1) is 5.56 Å². The SMILES string of the molecule is COCC1CCC(C2CCC(OC(=O)c3cc(N)cc(N)c3)CC2)CC1. The summed E-state index contributed by atoms with van der Waals surface area (Å²) >= 11 is 0. The van der Waals surface area contributed by atoms with Gasteiger partial charge in [-0.15, -0.1) is 0 Å². The van der Waals surface area contributed by atoms with E-state index in [1.165, 1.54) is 25.7 Å². The van der Waals surface area contributed by atoms with E-state index < -0.39 is 0 Å². The molecule has 4 N–H and O–H groups in total. The molecule has 0 atom stereocenters. The highest BCUT2D eigenvalue weighted by atomic mass is 16.5. The monoisotopic (exact) mass is 360 g/mol. The zero-order valence-corrected chi connectivity index (χ0v) is 15.8. The smallest absolute Gasteiger partial charge is 0.338 e. The molecule has 0 amide bonds. The third-order valence-corrected chi connectivity index (χ3v) is 6.17. The van der Waals surface area contributed by atoms with Crippen molar-refractivity contribution in [2.24, 2.45) is 17.8 Å². The number of anilines is 2. The van der Waals surface area contributed by atoms with Gasteiger partial charge in [0.25, 0.3) is 0 Å². The highest BCUT2D eigenvalue weighted by Crippen LogP contribution is 2.40. The average molecular weight is 360 g/mol. The second-order valence-electron chi connectivity index (χ2n) is 8.07. The number of benzene rings is 1. The van der Waals surface area contributed by atoms with Gasteiger partial charge in [0, 0.05) is 25.1 Å². The van der Waals surface area contributed by atoms with E-state index in [0.29, 0.717) is 16.9 Å². The van der Waals surface area contributed by atoms with E-state index in [1.807, 2.05) is 0 Å². The second kappa shape index (κ2) is 8.76. The molecule has 5 nitrogen and oxygen atoms in total. The van der Waals surface area contributed by atoms with Crippen molar-refractivity contribution in [2.75, 3.05) is 25.2 Å². The van der Waals surface area contributed by atoms with Gasteiger partial charge in [-0.05, 0) is 87.3 Å². The summed E-state index contributed by atoms with van der Waals surface area (Å²) in [6.45, 7) is 0.907. The lowest BCUT2D eigenvalue weighted by atomic mass is 9.71. The maximum Gasteiger partial charge on any atom is 0.338 e. The Kier molecular flexibility index (Phi) is 6.41. The van der Waals surface area contributed by atoms with Gasteiger partial charge in [-0.2, -0.15) is 0 Å². The molecule has 5 heteroatoms. The maximum atomic E-state index is 12.4. The Morgan fingerprint density at radius 2 is 1.46 bits per heavy atom. The van der Waals surface area contributed by atoms with Crippen LogP contribution in [0.1, 0.15) is 61.7 Å². The molecule has 0 saturated heterocycles. The van der Waals surface area contributed by atoms with Crippen molar-refractivity contribution in [3.8, 4) is 0 Å². The molecule has 2 saturated carbocycles. The molecular formula is C21H32N2O3. The van der Waals surface area contributed by atoms with E-state index in [-0.39, 0.29) is 12.1 Å². The van der Waals surface area contributed by atoms with Crippen LogP contribution in [0.3, 0.4) is 0 Å². The molecule has 3 rings (SSSR count). The Hall–Kier alpha value is -1.75. The minimum Gasteiger partial charge on any atom is -0.459 e. The van der Waals surface area contributed by atoms with Crippen LogP contribution in [-0.4, -0.2) is 25.8 Å². The summed E-state index contributed by atoms with van der Waals surface area (Å²) in [7, 11) is 1.80. The van der Waals surface area contributed by atoms with E-state index in [9.17, 15) is 4.79 Å². The fourth-order valence-corrected chi connectivity index (χ4v) is 4.75. The molecule has 2 fully saturated rings. The zero-order valence-electron chi connectivity index (χ0n) is 15.8. The van der Waals surface area contributed by atoms with Gasteiger partial charge < -0.3 is 20.9 Å². The molecule has 0 heterocycles. The van der Waals surface area contributed by atoms with Crippen molar-refractivity contribution >= 4 is 17.3 Å². The first-order valence-electron chi connectivity index (χ1n) is 9.91. The minimum atomic E-state index is -0.312. The number of methoxy groups -OCH3 is 1. The molecule has 2 aliphatic rings. The van der Waals surface area contributed by atoms with Gasteiger partial charge >= 0.3 is 5.97 Å². The lowest BCUT2D eigenvalue weighted by molar-refractivity contribution is 0.0101. The first-order valence-corrected chi connectivity index (χ1v) is 9.91. The third-order valence-electron chi connectivity index (χ3n) is 6.17. The molecule has 0 bridgehead atoms. The zero-order chi connectivity index (χ0) is 18.5. The molecule has 0 radical (unpaired) electrons. The summed E-state index contributed by atoms with van der Waals surface area (Å²) in [6.07, 6.45) is 9.52. The molecule has 0 unspecified atom stereocenters. The Morgan fingerprint density at radius 3 is 2.00 bits per heavy atom. The van der Waals surface area contributed by atoms with Gasteiger partial charge in [0.15, 0.2) is 0 Å². The van der Waals surface area contributed by atoms with Crippen molar-refractivity contribution in [3.05, 3.63) is 23.8 Å². The topological polar surface area (TPSA) is 87.6 Å². The minimum absolute atomic E-state index is 0.0197. The van der Waals surface area contributed by atoms with Crippen LogP contribution in [0.4, 0.5) is 11.4 Å². The number of nitrogens with two attached hydrogens (primary N) is 2. The number of carbonyl (C=O) groups excluding carboxylic acids is 1. The summed E-state index contributed by atoms with van der Waals surface area (Å²) in [5.74, 6) is 2.07. The number of carbonyl (C=O) groups is 1. The number of hydrogen-bond acceptors (Lipinski definition) is 5. The van der Waals surface area contributed by atoms with Crippen LogP contribution in [0.15, 0.2) is 18.2 Å². The predicted molar refractivity (Wildman–Crippen MR) is 104 cm³/mol. The lowest BCUT2D eigenvalue weighted by Crippen LogP contribution is -2.30. The normalized spacial score (nSPS) is 29.3. The van der Waals surface area contributed by atoms with Crippen LogP contribution in [0, 0.1) is 17.8 Å². The lowest BCUT2D eigenvalue weighted by Gasteiger charge is -2.37. The largest absolute Gasteiger partial charge is 0.459 e. The maximum absolute atomic E-state index is 12.4. The average Bonchev–Trinajstić information content (AvgIpc) is 2.62. The number of ether oxygens (including phenoxy) is 2. The fraction of sp³-hybridized carbons (Fsp3) is 0.667. The fourth-order valence-electron chi connectivity index (χ4n) is 4.75. The molecule has 0 aromatic heterocycles. The summed E-state index contributed by atoms with van der Waals surface area (Å²) < 4.78 is 11.0. The molecular weight excluding hydrogens is 328 g/mol. The van der Waals surface area contributed by atoms with E-state index in [2.05, 4.69) is 0 Å². The highest BCUT2D eigenvalue weighted by Gasteiger charge is 2.32. The highest BCUT2D eigenvalue weighted by molar-refractivity contribution is 5.91. The Labute approximate surface area is 156 Å². The van der Waals surface area contributed by atoms with Crippen molar-refractivity contribution in [1.82, 2.24) is 0 Å². The Balaban J connectivity index is 1.44. The predicted octanol–water partition coefficient (Wildman–Crippen LogP) is 4.02. The first kappa shape index (κ1) is 19.0. The molecule has 0 aliphatic heterocycles. The van der Waals surface area contributed by atoms with E-state index in [1.54, 1.807) is 25.3 Å². The van der Waals surface area contributed by atoms with E-state index >= 15 is 0 Å². The van der Waals surface area contributed by atoms with Crippen LogP contribution >= 0.6 is 0 Å². The standard InChI is InChI=1S/C21H32N2O3/c1-25-13-14-2-4-15(5-3-14)16-6-8-20(9-7-16)26-21(24)17-10-18(22)12-19(23)11-17/h10-12,14-16,20H,2-9,13,22-23H2,1H3. The van der Waals surface area contributed by atoms with Crippen molar-refractivity contribution in [3.63, 3.8) is 0 Å². The molecule has 26 heavy (non-hydrogen) atoms. The van der Waals surface area contributed by atoms with Gasteiger partial charge in [0.2, 0.25) is 0 Å². The van der Waals surface area contributed by atoms with Crippen LogP contribution in [0.25, 0.3) is 0 Å². The van der Waals surface area contributed by atoms with Crippen LogP contribution in [0.2, 0.25) is 0 Å². The number of nitrogen functional groups attached to an aromatic ring is 2. The van der Waals surface area contributed by atoms with Crippen molar-refractivity contribution < 1.29 is 14.3 Å².